The number of phosphoric ester groups is 1. The van der Waals surface area contributed by atoms with Crippen LogP contribution in [0.25, 0.3) is 0 Å². The Kier molecular flexibility index (Phi) is 58.9. The third kappa shape index (κ3) is 62.1. The molecule has 0 saturated carbocycles. The average Bonchev–Trinajstić information content (AvgIpc) is 3.41. The SMILES string of the molecule is CC/C=C\C/C=C\C/C=C\C/C=C\CCCCCCCCCCCCCCCCCCCCC(=O)NC(COP(=O)([O-])OCC[N+](C)(C)C)C(O)CCCCCCCCCCCCCCCCCCCCCCCCCCC. The average molecular weight is 1120 g/mol. The second kappa shape index (κ2) is 60.1. The fourth-order valence-electron chi connectivity index (χ4n) is 10.3. The van der Waals surface area contributed by atoms with Gasteiger partial charge in [0.25, 0.3) is 7.82 Å². The molecule has 0 aromatic heterocycles. The summed E-state index contributed by atoms with van der Waals surface area (Å²) in [5.41, 5.74) is 0. The van der Waals surface area contributed by atoms with Gasteiger partial charge in [0.15, 0.2) is 0 Å². The molecule has 0 aliphatic carbocycles. The van der Waals surface area contributed by atoms with Gasteiger partial charge >= 0.3 is 0 Å². The molecular weight excluding hydrogens is 984 g/mol. The highest BCUT2D eigenvalue weighted by molar-refractivity contribution is 7.45. The van der Waals surface area contributed by atoms with Gasteiger partial charge in [0.1, 0.15) is 13.2 Å². The first kappa shape index (κ1) is 76.5. The van der Waals surface area contributed by atoms with Crippen LogP contribution in [-0.4, -0.2) is 68.5 Å². The number of carbonyl (C=O) groups is 1. The molecule has 0 radical (unpaired) electrons. The van der Waals surface area contributed by atoms with Crippen LogP contribution in [0.2, 0.25) is 0 Å². The van der Waals surface area contributed by atoms with E-state index in [2.05, 4.69) is 67.8 Å². The Balaban J connectivity index is 4.02. The van der Waals surface area contributed by atoms with E-state index < -0.39 is 20.0 Å². The Morgan fingerprint density at radius 1 is 0.462 bits per heavy atom. The van der Waals surface area contributed by atoms with Crippen LogP contribution in [0, 0.1) is 0 Å². The van der Waals surface area contributed by atoms with Crippen molar-refractivity contribution in [1.29, 1.82) is 0 Å². The first-order valence-electron chi connectivity index (χ1n) is 34.0. The minimum Gasteiger partial charge on any atom is -0.756 e. The van der Waals surface area contributed by atoms with Gasteiger partial charge < -0.3 is 28.8 Å². The molecule has 0 saturated heterocycles. The Labute approximate surface area is 486 Å². The third-order valence-electron chi connectivity index (χ3n) is 15.6. The number of nitrogens with one attached hydrogen (secondary N) is 1. The second-order valence-corrected chi connectivity index (χ2v) is 25.9. The van der Waals surface area contributed by atoms with Gasteiger partial charge in [0.05, 0.1) is 39.9 Å². The number of aliphatic hydroxyl groups is 1. The zero-order valence-electron chi connectivity index (χ0n) is 52.6. The number of nitrogens with zero attached hydrogens (tertiary/aromatic N) is 1. The fraction of sp³-hybridized carbons (Fsp3) is 0.870. The zero-order chi connectivity index (χ0) is 57.0. The zero-order valence-corrected chi connectivity index (χ0v) is 53.5. The van der Waals surface area contributed by atoms with E-state index >= 15 is 0 Å². The molecule has 9 heteroatoms. The Morgan fingerprint density at radius 3 is 1.14 bits per heavy atom. The molecule has 0 rings (SSSR count). The summed E-state index contributed by atoms with van der Waals surface area (Å²) in [6.45, 7) is 4.66. The van der Waals surface area contributed by atoms with Gasteiger partial charge in [-0.05, 0) is 51.4 Å². The highest BCUT2D eigenvalue weighted by Gasteiger charge is 2.24. The summed E-state index contributed by atoms with van der Waals surface area (Å²) < 4.78 is 23.5. The minimum atomic E-state index is -4.58. The van der Waals surface area contributed by atoms with Crippen molar-refractivity contribution in [3.05, 3.63) is 48.6 Å². The molecule has 460 valence electrons. The van der Waals surface area contributed by atoms with Crippen molar-refractivity contribution in [2.45, 2.75) is 347 Å². The van der Waals surface area contributed by atoms with Crippen LogP contribution >= 0.6 is 7.82 Å². The molecule has 78 heavy (non-hydrogen) atoms. The van der Waals surface area contributed by atoms with E-state index in [4.69, 9.17) is 9.05 Å². The summed E-state index contributed by atoms with van der Waals surface area (Å²) in [6.07, 6.45) is 80.3. The van der Waals surface area contributed by atoms with Crippen LogP contribution in [0.15, 0.2) is 48.6 Å². The minimum absolute atomic E-state index is 0.0134. The molecule has 3 atom stereocenters. The Morgan fingerprint density at radius 2 is 0.782 bits per heavy atom. The molecule has 3 unspecified atom stereocenters. The van der Waals surface area contributed by atoms with Crippen LogP contribution in [0.5, 0.6) is 0 Å². The van der Waals surface area contributed by atoms with Crippen LogP contribution in [0.1, 0.15) is 335 Å². The van der Waals surface area contributed by atoms with Crippen LogP contribution in [-0.2, 0) is 18.4 Å². The van der Waals surface area contributed by atoms with Crippen LogP contribution < -0.4 is 10.2 Å². The van der Waals surface area contributed by atoms with Crippen molar-refractivity contribution < 1.29 is 32.9 Å². The summed E-state index contributed by atoms with van der Waals surface area (Å²) >= 11 is 0. The number of amides is 1. The molecule has 0 heterocycles. The molecule has 0 aliphatic heterocycles. The summed E-state index contributed by atoms with van der Waals surface area (Å²) in [6, 6.07) is -0.802. The number of likely N-dealkylation sites (N-methyl/N-ethyl adjacent to an activating group) is 1. The first-order valence-corrected chi connectivity index (χ1v) is 35.4. The number of carbonyl (C=O) groups excluding carboxylic acids is 1. The van der Waals surface area contributed by atoms with Crippen LogP contribution in [0.4, 0.5) is 0 Å². The number of allylic oxidation sites excluding steroid dienone is 8. The number of rotatable bonds is 63. The van der Waals surface area contributed by atoms with Gasteiger partial charge in [0, 0.05) is 6.42 Å². The lowest BCUT2D eigenvalue weighted by molar-refractivity contribution is -0.870. The topological polar surface area (TPSA) is 108 Å². The van der Waals surface area contributed by atoms with Crippen molar-refractivity contribution in [1.82, 2.24) is 5.32 Å². The molecule has 0 bridgehead atoms. The van der Waals surface area contributed by atoms with Gasteiger partial charge in [-0.3, -0.25) is 9.36 Å². The maximum absolute atomic E-state index is 13.1. The molecule has 0 aromatic rings. The molecule has 0 aromatic carbocycles. The van der Waals surface area contributed by atoms with Gasteiger partial charge in [-0.1, -0.05) is 326 Å². The van der Waals surface area contributed by atoms with E-state index in [1.807, 2.05) is 21.1 Å². The highest BCUT2D eigenvalue weighted by Crippen LogP contribution is 2.38. The highest BCUT2D eigenvalue weighted by atomic mass is 31.2. The van der Waals surface area contributed by atoms with E-state index in [1.165, 1.54) is 244 Å². The molecular formula is C69H133N2O6P. The number of phosphoric acid groups is 1. The smallest absolute Gasteiger partial charge is 0.268 e. The van der Waals surface area contributed by atoms with Crippen molar-refractivity contribution in [3.8, 4) is 0 Å². The van der Waals surface area contributed by atoms with Crippen molar-refractivity contribution in [2.24, 2.45) is 0 Å². The molecule has 1 amide bonds. The normalized spacial score (nSPS) is 14.0. The summed E-state index contributed by atoms with van der Waals surface area (Å²) in [5.74, 6) is -0.159. The predicted octanol–water partition coefficient (Wildman–Crippen LogP) is 20.8. The number of hydrogen-bond donors (Lipinski definition) is 2. The lowest BCUT2D eigenvalue weighted by Crippen LogP contribution is -2.46. The van der Waals surface area contributed by atoms with E-state index in [9.17, 15) is 19.4 Å². The molecule has 2 N–H and O–H groups in total. The largest absolute Gasteiger partial charge is 0.756 e. The van der Waals surface area contributed by atoms with E-state index in [1.54, 1.807) is 0 Å². The number of hydrogen-bond acceptors (Lipinski definition) is 6. The predicted molar refractivity (Wildman–Crippen MR) is 339 cm³/mol. The molecule has 0 fully saturated rings. The van der Waals surface area contributed by atoms with E-state index in [0.29, 0.717) is 23.9 Å². The van der Waals surface area contributed by atoms with Crippen LogP contribution in [0.3, 0.4) is 0 Å². The molecule has 0 spiro atoms. The summed E-state index contributed by atoms with van der Waals surface area (Å²) in [5, 5.41) is 14.1. The third-order valence-corrected chi connectivity index (χ3v) is 16.5. The van der Waals surface area contributed by atoms with Crippen molar-refractivity contribution >= 4 is 13.7 Å². The number of unbranched alkanes of at least 4 members (excludes halogenated alkanes) is 42. The summed E-state index contributed by atoms with van der Waals surface area (Å²) in [4.78, 5) is 25.7. The van der Waals surface area contributed by atoms with Crippen molar-refractivity contribution in [2.75, 3.05) is 40.9 Å². The van der Waals surface area contributed by atoms with Crippen molar-refractivity contribution in [3.63, 3.8) is 0 Å². The van der Waals surface area contributed by atoms with Gasteiger partial charge in [0.2, 0.25) is 5.91 Å². The standard InChI is InChI=1S/C69H133N2O6P/c1-6-8-10-12-14-16-18-20-22-24-26-28-30-32-33-34-35-36-37-39-41-43-45-47-49-51-53-55-57-59-61-63-69(73)70-67(66-77-78(74,75)76-65-64-71(3,4)5)68(72)62-60-58-56-54-52-50-48-46-44-42-40-38-31-29-27-25-23-21-19-17-15-13-11-9-7-2/h8,10,14,16,20,22,26,28,67-68,72H,6-7,9,11-13,15,17-19,21,23-25,27,29-66H2,1-5H3,(H-,70,73,74,75)/b10-8-,16-14-,22-20-,28-26-. The van der Waals surface area contributed by atoms with Gasteiger partial charge in [-0.2, -0.15) is 0 Å². The fourth-order valence-corrected chi connectivity index (χ4v) is 11.1. The molecule has 0 aliphatic rings. The quantitative estimate of drug-likeness (QED) is 0.0272. The Hall–Kier alpha value is -1.54. The molecule has 8 nitrogen and oxygen atoms in total. The van der Waals surface area contributed by atoms with E-state index in [0.717, 1.165) is 64.2 Å². The van der Waals surface area contributed by atoms with E-state index in [-0.39, 0.29) is 19.1 Å². The summed E-state index contributed by atoms with van der Waals surface area (Å²) in [7, 11) is 1.32. The number of aliphatic hydroxyl groups excluding tert-OH is 1. The maximum atomic E-state index is 13.1. The lowest BCUT2D eigenvalue weighted by Gasteiger charge is -2.30. The Bertz CT molecular complexity index is 1410. The van der Waals surface area contributed by atoms with Gasteiger partial charge in [-0.25, -0.2) is 0 Å². The second-order valence-electron chi connectivity index (χ2n) is 24.5. The number of quaternary nitrogens is 1. The monoisotopic (exact) mass is 1120 g/mol. The maximum Gasteiger partial charge on any atom is 0.268 e. The lowest BCUT2D eigenvalue weighted by atomic mass is 10.0. The first-order chi connectivity index (χ1) is 38.0. The van der Waals surface area contributed by atoms with Gasteiger partial charge in [-0.15, -0.1) is 0 Å².